The Morgan fingerprint density at radius 2 is 2.31 bits per heavy atom. The third-order valence-corrected chi connectivity index (χ3v) is 2.53. The van der Waals surface area contributed by atoms with Gasteiger partial charge >= 0.3 is 0 Å². The number of para-hydroxylation sites is 1. The second-order valence-corrected chi connectivity index (χ2v) is 3.76. The maximum Gasteiger partial charge on any atom is 0.183 e. The lowest BCUT2D eigenvalue weighted by Crippen LogP contribution is -2.12. The Morgan fingerprint density at radius 3 is 2.94 bits per heavy atom. The van der Waals surface area contributed by atoms with Crippen molar-refractivity contribution in [3.63, 3.8) is 0 Å². The molecule has 0 heterocycles. The summed E-state index contributed by atoms with van der Waals surface area (Å²) in [6, 6.07) is 7.56. The lowest BCUT2D eigenvalue weighted by atomic mass is 10.1. The zero-order valence-electron chi connectivity index (χ0n) is 8.97. The van der Waals surface area contributed by atoms with E-state index in [0.717, 1.165) is 11.3 Å². The fourth-order valence-electron chi connectivity index (χ4n) is 1.23. The van der Waals surface area contributed by atoms with E-state index in [0.29, 0.717) is 11.6 Å². The van der Waals surface area contributed by atoms with Gasteiger partial charge in [-0.3, -0.25) is 5.32 Å². The third-order valence-electron chi connectivity index (χ3n) is 1.95. The van der Waals surface area contributed by atoms with Crippen LogP contribution < -0.4 is 5.32 Å². The number of hydrogen-bond donors (Lipinski definition) is 2. The highest BCUT2D eigenvalue weighted by Gasteiger charge is 2.01. The normalized spacial score (nSPS) is 10.9. The van der Waals surface area contributed by atoms with Crippen molar-refractivity contribution in [1.82, 2.24) is 5.32 Å². The minimum Gasteiger partial charge on any atom is -0.396 e. The van der Waals surface area contributed by atoms with Gasteiger partial charge in [-0.05, 0) is 24.3 Å². The average molecular weight is 235 g/mol. The zero-order chi connectivity index (χ0) is 11.8. The van der Waals surface area contributed by atoms with Crippen molar-refractivity contribution in [3.05, 3.63) is 29.8 Å². The molecule has 84 valence electrons. The Labute approximate surface area is 99.0 Å². The molecular formula is C11H13N3OS. The highest BCUT2D eigenvalue weighted by atomic mass is 32.2. The van der Waals surface area contributed by atoms with E-state index >= 15 is 0 Å². The van der Waals surface area contributed by atoms with Crippen LogP contribution in [0.25, 0.3) is 0 Å². The molecule has 4 nitrogen and oxygen atoms in total. The van der Waals surface area contributed by atoms with Crippen molar-refractivity contribution in [2.75, 3.05) is 12.9 Å². The van der Waals surface area contributed by atoms with Gasteiger partial charge in [-0.15, -0.1) is 0 Å². The van der Waals surface area contributed by atoms with Crippen molar-refractivity contribution in [3.8, 4) is 6.19 Å². The molecular weight excluding hydrogens is 222 g/mol. The van der Waals surface area contributed by atoms with Crippen LogP contribution in [0.2, 0.25) is 0 Å². The molecule has 0 aromatic heterocycles. The molecule has 0 saturated carbocycles. The van der Waals surface area contributed by atoms with Gasteiger partial charge in [-0.25, -0.2) is 4.99 Å². The molecule has 0 atom stereocenters. The van der Waals surface area contributed by atoms with Crippen LogP contribution in [0.15, 0.2) is 29.3 Å². The molecule has 1 aromatic carbocycles. The maximum absolute atomic E-state index is 8.92. The van der Waals surface area contributed by atoms with Gasteiger partial charge in [0, 0.05) is 6.61 Å². The van der Waals surface area contributed by atoms with E-state index in [9.17, 15) is 0 Å². The topological polar surface area (TPSA) is 68.4 Å². The summed E-state index contributed by atoms with van der Waals surface area (Å²) in [6.45, 7) is 0.0901. The van der Waals surface area contributed by atoms with Crippen molar-refractivity contribution in [1.29, 1.82) is 5.26 Å². The highest BCUT2D eigenvalue weighted by Crippen LogP contribution is 2.20. The standard InChI is InChI=1S/C11H13N3OS/c1-16-11(13-8-12)14-10-5-3-2-4-9(10)6-7-15/h2-5,15H,6-7H2,1H3,(H,13,14). The number of aliphatic hydroxyl groups excluding tert-OH is 1. The van der Waals surface area contributed by atoms with E-state index in [1.54, 1.807) is 0 Å². The summed E-state index contributed by atoms with van der Waals surface area (Å²) in [4.78, 5) is 4.32. The molecule has 0 amide bonds. The fraction of sp³-hybridized carbons (Fsp3) is 0.273. The lowest BCUT2D eigenvalue weighted by molar-refractivity contribution is 0.300. The first-order chi connectivity index (χ1) is 7.81. The van der Waals surface area contributed by atoms with Crippen LogP contribution in [-0.4, -0.2) is 23.1 Å². The van der Waals surface area contributed by atoms with E-state index in [1.165, 1.54) is 11.8 Å². The first-order valence-corrected chi connectivity index (χ1v) is 6.01. The summed E-state index contributed by atoms with van der Waals surface area (Å²) >= 11 is 1.37. The van der Waals surface area contributed by atoms with Crippen LogP contribution in [0.1, 0.15) is 5.56 Å². The van der Waals surface area contributed by atoms with E-state index < -0.39 is 0 Å². The van der Waals surface area contributed by atoms with E-state index in [1.807, 2.05) is 36.7 Å². The van der Waals surface area contributed by atoms with Crippen LogP contribution in [0.5, 0.6) is 0 Å². The Hall–Kier alpha value is -1.51. The van der Waals surface area contributed by atoms with E-state index in [4.69, 9.17) is 10.4 Å². The summed E-state index contributed by atoms with van der Waals surface area (Å²) < 4.78 is 0. The van der Waals surface area contributed by atoms with E-state index in [-0.39, 0.29) is 6.61 Å². The Kier molecular flexibility index (Phi) is 5.40. The molecule has 0 saturated heterocycles. The number of aliphatic imine (C=N–C) groups is 1. The Bertz CT molecular complexity index is 412. The van der Waals surface area contributed by atoms with Crippen molar-refractivity contribution in [2.45, 2.75) is 6.42 Å². The molecule has 1 rings (SSSR count). The number of hydrogen-bond acceptors (Lipinski definition) is 4. The van der Waals surface area contributed by atoms with Crippen LogP contribution >= 0.6 is 11.8 Å². The smallest absolute Gasteiger partial charge is 0.183 e. The molecule has 2 N–H and O–H groups in total. The van der Waals surface area contributed by atoms with Gasteiger partial charge in [0.05, 0.1) is 5.69 Å². The molecule has 0 aliphatic carbocycles. The van der Waals surface area contributed by atoms with Crippen LogP contribution in [0, 0.1) is 11.5 Å². The van der Waals surface area contributed by atoms with Crippen molar-refractivity contribution in [2.24, 2.45) is 4.99 Å². The molecule has 0 bridgehead atoms. The predicted molar refractivity (Wildman–Crippen MR) is 66.6 cm³/mol. The van der Waals surface area contributed by atoms with Gasteiger partial charge in [0.15, 0.2) is 11.4 Å². The molecule has 0 aliphatic rings. The van der Waals surface area contributed by atoms with Gasteiger partial charge in [0.25, 0.3) is 0 Å². The summed E-state index contributed by atoms with van der Waals surface area (Å²) in [6.07, 6.45) is 4.25. The van der Waals surface area contributed by atoms with Crippen LogP contribution in [-0.2, 0) is 6.42 Å². The zero-order valence-corrected chi connectivity index (χ0v) is 9.79. The quantitative estimate of drug-likeness (QED) is 0.362. The first-order valence-electron chi connectivity index (χ1n) is 4.78. The lowest BCUT2D eigenvalue weighted by Gasteiger charge is -2.05. The van der Waals surface area contributed by atoms with Gasteiger partial charge < -0.3 is 5.11 Å². The second-order valence-electron chi connectivity index (χ2n) is 2.96. The van der Waals surface area contributed by atoms with Gasteiger partial charge in [0.2, 0.25) is 0 Å². The molecule has 0 aliphatic heterocycles. The summed E-state index contributed by atoms with van der Waals surface area (Å²) in [5.74, 6) is 0. The predicted octanol–water partition coefficient (Wildman–Crippen LogP) is 1.64. The Balaban J connectivity index is 2.98. The second kappa shape index (κ2) is 6.88. The highest BCUT2D eigenvalue weighted by molar-refractivity contribution is 8.13. The number of nitrogens with one attached hydrogen (secondary N) is 1. The SMILES string of the molecule is CSC(=Nc1ccccc1CCO)NC#N. The molecule has 16 heavy (non-hydrogen) atoms. The molecule has 0 radical (unpaired) electrons. The van der Waals surface area contributed by atoms with Crippen molar-refractivity contribution >= 4 is 22.6 Å². The summed E-state index contributed by atoms with van der Waals surface area (Å²) in [5, 5.41) is 20.5. The molecule has 1 aromatic rings. The summed E-state index contributed by atoms with van der Waals surface area (Å²) in [5.41, 5.74) is 1.75. The largest absolute Gasteiger partial charge is 0.396 e. The van der Waals surface area contributed by atoms with Gasteiger partial charge in [-0.2, -0.15) is 5.26 Å². The number of nitrogens with zero attached hydrogens (tertiary/aromatic N) is 2. The first kappa shape index (κ1) is 12.6. The van der Waals surface area contributed by atoms with E-state index in [2.05, 4.69) is 10.3 Å². The summed E-state index contributed by atoms with van der Waals surface area (Å²) in [7, 11) is 0. The Morgan fingerprint density at radius 1 is 1.56 bits per heavy atom. The number of aliphatic hydroxyl groups is 1. The number of thioether (sulfide) groups is 1. The minimum absolute atomic E-state index is 0.0901. The monoisotopic (exact) mass is 235 g/mol. The fourth-order valence-corrected chi connectivity index (χ4v) is 1.57. The number of rotatable bonds is 3. The average Bonchev–Trinajstić information content (AvgIpc) is 2.31. The number of amidine groups is 1. The van der Waals surface area contributed by atoms with Crippen LogP contribution in [0.3, 0.4) is 0 Å². The maximum atomic E-state index is 8.92. The molecule has 0 fully saturated rings. The minimum atomic E-state index is 0.0901. The van der Waals surface area contributed by atoms with Crippen molar-refractivity contribution < 1.29 is 5.11 Å². The molecule has 5 heteroatoms. The van der Waals surface area contributed by atoms with Gasteiger partial charge in [0.1, 0.15) is 0 Å². The molecule has 0 unspecified atom stereocenters. The number of benzene rings is 1. The molecule has 0 spiro atoms. The van der Waals surface area contributed by atoms with Crippen LogP contribution in [0.4, 0.5) is 5.69 Å². The third kappa shape index (κ3) is 3.57. The van der Waals surface area contributed by atoms with Gasteiger partial charge in [-0.1, -0.05) is 30.0 Å². The number of nitriles is 1.